The molecule has 1 aromatic carbocycles. The van der Waals surface area contributed by atoms with Crippen molar-refractivity contribution in [3.05, 3.63) is 46.0 Å². The fourth-order valence-electron chi connectivity index (χ4n) is 3.75. The van der Waals surface area contributed by atoms with Crippen LogP contribution >= 0.6 is 141 Å². The summed E-state index contributed by atoms with van der Waals surface area (Å²) in [4.78, 5) is 5.80. The SMILES string of the molecule is CCCCSC1=C(SCCCC)SC(=C2Sc3cc4c(cc3S2)SC(=C2SC(SCCCC)=C(SCCCC)S2)S4)S1. The van der Waals surface area contributed by atoms with Crippen LogP contribution in [0.1, 0.15) is 79.1 Å². The van der Waals surface area contributed by atoms with E-state index in [4.69, 9.17) is 0 Å². The Balaban J connectivity index is 1.24. The highest BCUT2D eigenvalue weighted by Crippen LogP contribution is 2.68. The fourth-order valence-corrected chi connectivity index (χ4v) is 21.9. The Morgan fingerprint density at radius 3 is 0.857 bits per heavy atom. The zero-order chi connectivity index (χ0) is 29.3. The largest absolute Gasteiger partial charge is 0.117 e. The molecule has 1 aromatic rings. The number of hydrogen-bond donors (Lipinski definition) is 0. The van der Waals surface area contributed by atoms with Crippen molar-refractivity contribution in [1.82, 2.24) is 0 Å². The Morgan fingerprint density at radius 2 is 0.619 bits per heavy atom. The van der Waals surface area contributed by atoms with Gasteiger partial charge in [0.2, 0.25) is 0 Å². The molecule has 4 aliphatic rings. The molecule has 0 radical (unpaired) electrons. The van der Waals surface area contributed by atoms with Crippen molar-refractivity contribution in [3.8, 4) is 0 Å². The summed E-state index contributed by atoms with van der Waals surface area (Å²) < 4.78 is 12.2. The third-order valence-corrected chi connectivity index (χ3v) is 23.6. The first-order valence-electron chi connectivity index (χ1n) is 14.7. The highest BCUT2D eigenvalue weighted by atomic mass is 32.3. The molecule has 0 saturated carbocycles. The second-order valence-corrected chi connectivity index (χ2v) is 24.4. The van der Waals surface area contributed by atoms with Gasteiger partial charge in [0.05, 0.1) is 33.9 Å². The number of rotatable bonds is 16. The Bertz CT molecular complexity index is 1070. The van der Waals surface area contributed by atoms with Gasteiger partial charge in [-0.1, -0.05) is 147 Å². The van der Waals surface area contributed by atoms with Crippen LogP contribution in [0.25, 0.3) is 0 Å². The molecule has 4 heterocycles. The lowest BCUT2D eigenvalue weighted by molar-refractivity contribution is 0.897. The van der Waals surface area contributed by atoms with Gasteiger partial charge in [0.25, 0.3) is 0 Å². The standard InChI is InChI=1S/C30H38S12/c1-5-9-13-31-23-24(32-14-10-6-2)40-29(39-23)27-35-19-17-21-22(18-20(19)36-27)38-28(37-21)30-41-25(33-15-11-7-3)26(42-30)34-16-12-8-4/h17-18H,5-16H2,1-4H3. The van der Waals surface area contributed by atoms with E-state index in [1.165, 1.54) is 111 Å². The second kappa shape index (κ2) is 18.8. The molecule has 0 nitrogen and oxygen atoms in total. The maximum Gasteiger partial charge on any atom is 0.0717 e. The van der Waals surface area contributed by atoms with Gasteiger partial charge in [-0.15, -0.1) is 47.0 Å². The monoisotopic (exact) mass is 782 g/mol. The third kappa shape index (κ3) is 9.73. The van der Waals surface area contributed by atoms with E-state index in [0.717, 1.165) is 0 Å². The lowest BCUT2D eigenvalue weighted by atomic mass is 10.3. The van der Waals surface area contributed by atoms with Crippen LogP contribution in [0, 0.1) is 0 Å². The zero-order valence-electron chi connectivity index (χ0n) is 24.5. The van der Waals surface area contributed by atoms with E-state index >= 15 is 0 Å². The van der Waals surface area contributed by atoms with Crippen LogP contribution in [0.15, 0.2) is 65.6 Å². The molecular weight excluding hydrogens is 745 g/mol. The van der Waals surface area contributed by atoms with Crippen molar-refractivity contribution < 1.29 is 0 Å². The van der Waals surface area contributed by atoms with Gasteiger partial charge in [0, 0.05) is 19.6 Å². The van der Waals surface area contributed by atoms with Crippen LogP contribution in [0.3, 0.4) is 0 Å². The highest BCUT2D eigenvalue weighted by Gasteiger charge is 2.33. The molecule has 0 unspecified atom stereocenters. The van der Waals surface area contributed by atoms with Crippen LogP contribution in [0.4, 0.5) is 0 Å². The average Bonchev–Trinajstić information content (AvgIpc) is 3.77. The van der Waals surface area contributed by atoms with E-state index < -0.39 is 0 Å². The van der Waals surface area contributed by atoms with Gasteiger partial charge in [-0.05, 0) is 60.8 Å². The number of thioether (sulfide) groups is 12. The van der Waals surface area contributed by atoms with E-state index in [1.807, 2.05) is 94.1 Å². The number of hydrogen-bond acceptors (Lipinski definition) is 12. The van der Waals surface area contributed by atoms with Gasteiger partial charge < -0.3 is 0 Å². The van der Waals surface area contributed by atoms with Crippen LogP contribution in [0.2, 0.25) is 0 Å². The van der Waals surface area contributed by atoms with Gasteiger partial charge in [-0.25, -0.2) is 0 Å². The number of fused-ring (bicyclic) bond motifs is 2. The number of benzene rings is 1. The van der Waals surface area contributed by atoms with Crippen molar-refractivity contribution in [2.45, 2.75) is 98.6 Å². The van der Waals surface area contributed by atoms with Crippen molar-refractivity contribution in [2.24, 2.45) is 0 Å². The smallest absolute Gasteiger partial charge is 0.0717 e. The first kappa shape index (κ1) is 35.7. The van der Waals surface area contributed by atoms with Crippen LogP contribution in [-0.2, 0) is 0 Å². The molecule has 4 aliphatic heterocycles. The normalized spacial score (nSPS) is 18.4. The predicted octanol–water partition coefficient (Wildman–Crippen LogP) is 15.7. The topological polar surface area (TPSA) is 0 Å². The van der Waals surface area contributed by atoms with Crippen LogP contribution in [0.5, 0.6) is 0 Å². The van der Waals surface area contributed by atoms with E-state index in [1.54, 1.807) is 16.9 Å². The van der Waals surface area contributed by atoms with Gasteiger partial charge in [0.15, 0.2) is 0 Å². The zero-order valence-corrected chi connectivity index (χ0v) is 34.3. The average molecular weight is 783 g/mol. The maximum atomic E-state index is 2.48. The van der Waals surface area contributed by atoms with Crippen molar-refractivity contribution in [2.75, 3.05) is 23.0 Å². The van der Waals surface area contributed by atoms with E-state index in [0.29, 0.717) is 0 Å². The Hall–Kier alpha value is 2.38. The molecule has 0 bridgehead atoms. The Morgan fingerprint density at radius 1 is 0.381 bits per heavy atom. The third-order valence-electron chi connectivity index (χ3n) is 6.15. The van der Waals surface area contributed by atoms with Gasteiger partial charge in [-0.2, -0.15) is 0 Å². The summed E-state index contributed by atoms with van der Waals surface area (Å²) >= 11 is 24.6. The molecule has 42 heavy (non-hydrogen) atoms. The second-order valence-electron chi connectivity index (χ2n) is 9.67. The van der Waals surface area contributed by atoms with Gasteiger partial charge in [-0.3, -0.25) is 0 Å². The van der Waals surface area contributed by atoms with Crippen LogP contribution in [-0.4, -0.2) is 23.0 Å². The quantitative estimate of drug-likeness (QED) is 0.147. The summed E-state index contributed by atoms with van der Waals surface area (Å²) in [5.74, 6) is 4.96. The maximum absolute atomic E-state index is 2.48. The molecule has 0 atom stereocenters. The molecule has 0 spiro atoms. The molecular formula is C30H38S12. The minimum Gasteiger partial charge on any atom is -0.117 e. The van der Waals surface area contributed by atoms with E-state index in [-0.39, 0.29) is 0 Å². The van der Waals surface area contributed by atoms with Crippen molar-refractivity contribution >= 4 is 141 Å². The molecule has 0 amide bonds. The Labute approximate surface area is 305 Å². The highest BCUT2D eigenvalue weighted by molar-refractivity contribution is 8.43. The van der Waals surface area contributed by atoms with Crippen molar-refractivity contribution in [1.29, 1.82) is 0 Å². The Kier molecular flexibility index (Phi) is 16.0. The first-order valence-corrected chi connectivity index (χ1v) is 25.2. The van der Waals surface area contributed by atoms with Gasteiger partial charge in [0.1, 0.15) is 0 Å². The van der Waals surface area contributed by atoms with Crippen molar-refractivity contribution in [3.63, 3.8) is 0 Å². The predicted molar refractivity (Wildman–Crippen MR) is 218 cm³/mol. The molecule has 0 saturated heterocycles. The summed E-state index contributed by atoms with van der Waals surface area (Å²) in [6.07, 6.45) is 10.3. The fraction of sp³-hybridized carbons (Fsp3) is 0.533. The summed E-state index contributed by atoms with van der Waals surface area (Å²) in [5, 5.41) is 0. The molecule has 230 valence electrons. The molecule has 0 aromatic heterocycles. The van der Waals surface area contributed by atoms with E-state index in [9.17, 15) is 0 Å². The first-order chi connectivity index (χ1) is 20.6. The van der Waals surface area contributed by atoms with Gasteiger partial charge >= 0.3 is 0 Å². The lowest BCUT2D eigenvalue weighted by Crippen LogP contribution is -1.80. The van der Waals surface area contributed by atoms with Crippen LogP contribution < -0.4 is 0 Å². The molecule has 0 fully saturated rings. The molecule has 0 N–H and O–H groups in total. The minimum atomic E-state index is 1.24. The minimum absolute atomic E-state index is 1.24. The molecule has 5 rings (SSSR count). The molecule has 0 aliphatic carbocycles. The summed E-state index contributed by atoms with van der Waals surface area (Å²) in [5.41, 5.74) is 0. The van der Waals surface area contributed by atoms with E-state index in [2.05, 4.69) is 86.9 Å². The lowest BCUT2D eigenvalue weighted by Gasteiger charge is -2.03. The molecule has 12 heteroatoms. The summed E-state index contributed by atoms with van der Waals surface area (Å²) in [6, 6.07) is 4.97. The summed E-state index contributed by atoms with van der Waals surface area (Å²) in [7, 11) is 0. The summed E-state index contributed by atoms with van der Waals surface area (Å²) in [6.45, 7) is 9.18. The number of unbranched alkanes of at least 4 members (excludes halogenated alkanes) is 4.